The number of aromatic hydroxyl groups is 1. The summed E-state index contributed by atoms with van der Waals surface area (Å²) in [7, 11) is 0. The van der Waals surface area contributed by atoms with E-state index in [1.165, 1.54) is 18.9 Å². The minimum Gasteiger partial charge on any atom is -0.506 e. The van der Waals surface area contributed by atoms with E-state index >= 15 is 0 Å². The van der Waals surface area contributed by atoms with Gasteiger partial charge in [0.1, 0.15) is 17.3 Å². The summed E-state index contributed by atoms with van der Waals surface area (Å²) in [5.41, 5.74) is 3.49. The van der Waals surface area contributed by atoms with Gasteiger partial charge in [-0.3, -0.25) is 4.98 Å². The van der Waals surface area contributed by atoms with Gasteiger partial charge in [0.2, 0.25) is 0 Å². The van der Waals surface area contributed by atoms with Crippen molar-refractivity contribution in [2.45, 2.75) is 32.4 Å². The van der Waals surface area contributed by atoms with Crippen molar-refractivity contribution in [1.29, 1.82) is 0 Å². The zero-order valence-electron chi connectivity index (χ0n) is 13.2. The van der Waals surface area contributed by atoms with Crippen LogP contribution in [0, 0.1) is 12.7 Å². The Morgan fingerprint density at radius 2 is 2.00 bits per heavy atom. The Hall–Kier alpha value is -2.30. The van der Waals surface area contributed by atoms with E-state index in [0.29, 0.717) is 18.3 Å². The molecule has 4 rings (SSSR count). The van der Waals surface area contributed by atoms with E-state index in [2.05, 4.69) is 14.8 Å². The molecule has 2 aromatic rings. The van der Waals surface area contributed by atoms with Gasteiger partial charge in [0.25, 0.3) is 0 Å². The third-order valence-electron chi connectivity index (χ3n) is 4.62. The first-order valence-electron chi connectivity index (χ1n) is 8.08. The van der Waals surface area contributed by atoms with Gasteiger partial charge in [-0.05, 0) is 50.1 Å². The van der Waals surface area contributed by atoms with E-state index in [4.69, 9.17) is 0 Å². The molecule has 1 aliphatic carbocycles. The lowest BCUT2D eigenvalue weighted by molar-refractivity contribution is 0.462. The number of hydrogen-bond donors (Lipinski definition) is 1. The molecule has 1 aromatic heterocycles. The maximum atomic E-state index is 13.8. The minimum atomic E-state index is -0.229. The van der Waals surface area contributed by atoms with E-state index in [1.807, 2.05) is 13.0 Å². The summed E-state index contributed by atoms with van der Waals surface area (Å²) in [5, 5.41) is 10.0. The number of anilines is 2. The van der Waals surface area contributed by atoms with Crippen LogP contribution in [0.15, 0.2) is 30.3 Å². The molecule has 120 valence electrons. The van der Waals surface area contributed by atoms with E-state index < -0.39 is 0 Å². The third kappa shape index (κ3) is 2.71. The largest absolute Gasteiger partial charge is 0.506 e. The van der Waals surface area contributed by atoms with Crippen molar-refractivity contribution in [1.82, 2.24) is 4.98 Å². The maximum Gasteiger partial charge on any atom is 0.138 e. The van der Waals surface area contributed by atoms with E-state index in [9.17, 15) is 9.50 Å². The molecule has 1 saturated carbocycles. The van der Waals surface area contributed by atoms with E-state index in [1.54, 1.807) is 18.2 Å². The molecule has 1 N–H and O–H groups in total. The molecular formula is C18H20FN3O. The van der Waals surface area contributed by atoms with Crippen molar-refractivity contribution in [3.63, 3.8) is 0 Å². The summed E-state index contributed by atoms with van der Waals surface area (Å²) in [6.45, 7) is 4.13. The smallest absolute Gasteiger partial charge is 0.138 e. The Bertz CT molecular complexity index is 745. The normalized spacial score (nSPS) is 17.3. The molecule has 0 amide bonds. The number of aromatic nitrogens is 1. The molecule has 0 atom stereocenters. The van der Waals surface area contributed by atoms with Crippen LogP contribution in [0.5, 0.6) is 5.75 Å². The topological polar surface area (TPSA) is 39.6 Å². The number of halogens is 1. The number of fused-ring (bicyclic) bond motifs is 1. The van der Waals surface area contributed by atoms with Gasteiger partial charge in [0.05, 0.1) is 17.9 Å². The second-order valence-electron chi connectivity index (χ2n) is 6.40. The molecule has 1 fully saturated rings. The van der Waals surface area contributed by atoms with Crippen LogP contribution in [0.2, 0.25) is 0 Å². The zero-order chi connectivity index (χ0) is 16.0. The molecule has 1 aliphatic heterocycles. The van der Waals surface area contributed by atoms with Crippen LogP contribution in [0.4, 0.5) is 15.8 Å². The first kappa shape index (κ1) is 14.3. The average molecular weight is 313 g/mol. The van der Waals surface area contributed by atoms with Crippen molar-refractivity contribution in [2.24, 2.45) is 0 Å². The van der Waals surface area contributed by atoms with Crippen LogP contribution in [-0.4, -0.2) is 29.2 Å². The van der Waals surface area contributed by atoms with Crippen LogP contribution >= 0.6 is 0 Å². The SMILES string of the molecule is Cc1ccc(O)c(CN2CCN(C3CC3)c3ccc(F)cc32)n1. The zero-order valence-corrected chi connectivity index (χ0v) is 13.2. The number of rotatable bonds is 3. The lowest BCUT2D eigenvalue weighted by Crippen LogP contribution is -2.42. The molecular weight excluding hydrogens is 293 g/mol. The van der Waals surface area contributed by atoms with Gasteiger partial charge in [-0.1, -0.05) is 0 Å². The molecule has 2 aliphatic rings. The Morgan fingerprint density at radius 3 is 2.78 bits per heavy atom. The molecule has 0 bridgehead atoms. The number of pyridine rings is 1. The van der Waals surface area contributed by atoms with Crippen molar-refractivity contribution in [3.05, 3.63) is 47.5 Å². The van der Waals surface area contributed by atoms with E-state index in [-0.39, 0.29) is 11.6 Å². The second kappa shape index (κ2) is 5.41. The highest BCUT2D eigenvalue weighted by molar-refractivity contribution is 5.74. The number of nitrogens with zero attached hydrogens (tertiary/aromatic N) is 3. The van der Waals surface area contributed by atoms with Crippen molar-refractivity contribution >= 4 is 11.4 Å². The molecule has 5 heteroatoms. The molecule has 0 unspecified atom stereocenters. The van der Waals surface area contributed by atoms with Crippen LogP contribution < -0.4 is 9.80 Å². The molecule has 0 saturated heterocycles. The van der Waals surface area contributed by atoms with Gasteiger partial charge in [0.15, 0.2) is 0 Å². The lowest BCUT2D eigenvalue weighted by Gasteiger charge is -2.39. The van der Waals surface area contributed by atoms with Gasteiger partial charge < -0.3 is 14.9 Å². The fraction of sp³-hybridized carbons (Fsp3) is 0.389. The monoisotopic (exact) mass is 313 g/mol. The Labute approximate surface area is 135 Å². The Balaban J connectivity index is 1.68. The van der Waals surface area contributed by atoms with Gasteiger partial charge in [-0.2, -0.15) is 0 Å². The summed E-state index contributed by atoms with van der Waals surface area (Å²) in [4.78, 5) is 8.92. The van der Waals surface area contributed by atoms with Gasteiger partial charge >= 0.3 is 0 Å². The lowest BCUT2D eigenvalue weighted by atomic mass is 10.1. The van der Waals surface area contributed by atoms with Gasteiger partial charge in [-0.15, -0.1) is 0 Å². The number of benzene rings is 1. The van der Waals surface area contributed by atoms with Gasteiger partial charge in [-0.25, -0.2) is 4.39 Å². The van der Waals surface area contributed by atoms with Crippen molar-refractivity contribution in [2.75, 3.05) is 22.9 Å². The molecule has 2 heterocycles. The van der Waals surface area contributed by atoms with Crippen LogP contribution in [-0.2, 0) is 6.54 Å². The third-order valence-corrected chi connectivity index (χ3v) is 4.62. The van der Waals surface area contributed by atoms with Crippen LogP contribution in [0.1, 0.15) is 24.2 Å². The maximum absolute atomic E-state index is 13.8. The number of aryl methyl sites for hydroxylation is 1. The summed E-state index contributed by atoms with van der Waals surface area (Å²) in [6, 6.07) is 9.06. The standard InChI is InChI=1S/C18H20FN3O/c1-12-2-7-18(23)15(20-12)11-21-8-9-22(14-4-5-14)16-6-3-13(19)10-17(16)21/h2-3,6-7,10,14,23H,4-5,8-9,11H2,1H3. The highest BCUT2D eigenvalue weighted by Crippen LogP contribution is 2.41. The van der Waals surface area contributed by atoms with Crippen LogP contribution in [0.3, 0.4) is 0 Å². The predicted octanol–water partition coefficient (Wildman–Crippen LogP) is 3.22. The Kier molecular flexibility index (Phi) is 3.36. The highest BCUT2D eigenvalue weighted by Gasteiger charge is 2.34. The fourth-order valence-corrected chi connectivity index (χ4v) is 3.29. The quantitative estimate of drug-likeness (QED) is 0.944. The molecule has 0 spiro atoms. The predicted molar refractivity (Wildman–Crippen MR) is 88.5 cm³/mol. The molecule has 4 nitrogen and oxygen atoms in total. The van der Waals surface area contributed by atoms with E-state index in [0.717, 1.165) is 30.2 Å². The number of hydrogen-bond acceptors (Lipinski definition) is 4. The molecule has 1 aromatic carbocycles. The summed E-state index contributed by atoms with van der Waals surface area (Å²) in [5.74, 6) is -0.0361. The van der Waals surface area contributed by atoms with Gasteiger partial charge in [0, 0.05) is 24.8 Å². The molecule has 23 heavy (non-hydrogen) atoms. The second-order valence-corrected chi connectivity index (χ2v) is 6.40. The Morgan fingerprint density at radius 1 is 1.17 bits per heavy atom. The van der Waals surface area contributed by atoms with Crippen molar-refractivity contribution < 1.29 is 9.50 Å². The minimum absolute atomic E-state index is 0.193. The first-order valence-corrected chi connectivity index (χ1v) is 8.08. The first-order chi connectivity index (χ1) is 11.1. The molecule has 0 radical (unpaired) electrons. The average Bonchev–Trinajstić information content (AvgIpc) is 3.36. The fourth-order valence-electron chi connectivity index (χ4n) is 3.29. The summed E-state index contributed by atoms with van der Waals surface area (Å²) in [6.07, 6.45) is 2.44. The van der Waals surface area contributed by atoms with Crippen LogP contribution in [0.25, 0.3) is 0 Å². The summed E-state index contributed by atoms with van der Waals surface area (Å²) < 4.78 is 13.8. The highest BCUT2D eigenvalue weighted by atomic mass is 19.1. The summed E-state index contributed by atoms with van der Waals surface area (Å²) >= 11 is 0. The van der Waals surface area contributed by atoms with Crippen molar-refractivity contribution in [3.8, 4) is 5.75 Å².